The Morgan fingerprint density at radius 3 is 3.06 bits per heavy atom. The molecule has 0 unspecified atom stereocenters. The fourth-order valence-electron chi connectivity index (χ4n) is 1.40. The molecular formula is C11H15BrN4O2. The Morgan fingerprint density at radius 1 is 1.61 bits per heavy atom. The first-order chi connectivity index (χ1) is 8.69. The minimum absolute atomic E-state index is 0.0640. The molecule has 98 valence electrons. The lowest BCUT2D eigenvalue weighted by Crippen LogP contribution is -2.27. The third kappa shape index (κ3) is 3.83. The SMILES string of the molecule is COc1nc(NCCC(=O)NC2CC2)ncc1Br. The van der Waals surface area contributed by atoms with Gasteiger partial charge in [0.25, 0.3) is 0 Å². The van der Waals surface area contributed by atoms with Crippen LogP contribution in [0.25, 0.3) is 0 Å². The van der Waals surface area contributed by atoms with Crippen molar-refractivity contribution in [2.75, 3.05) is 19.0 Å². The van der Waals surface area contributed by atoms with E-state index >= 15 is 0 Å². The number of nitrogens with one attached hydrogen (secondary N) is 2. The summed E-state index contributed by atoms with van der Waals surface area (Å²) in [5.41, 5.74) is 0. The number of aromatic nitrogens is 2. The highest BCUT2D eigenvalue weighted by Crippen LogP contribution is 2.21. The van der Waals surface area contributed by atoms with Gasteiger partial charge in [-0.3, -0.25) is 4.79 Å². The zero-order chi connectivity index (χ0) is 13.0. The van der Waals surface area contributed by atoms with Crippen LogP contribution in [-0.2, 0) is 4.79 Å². The topological polar surface area (TPSA) is 76.1 Å². The van der Waals surface area contributed by atoms with E-state index in [1.54, 1.807) is 13.3 Å². The number of amides is 1. The van der Waals surface area contributed by atoms with Crippen molar-refractivity contribution in [3.8, 4) is 5.88 Å². The van der Waals surface area contributed by atoms with Gasteiger partial charge in [0.05, 0.1) is 17.8 Å². The van der Waals surface area contributed by atoms with Crippen LogP contribution in [0.1, 0.15) is 19.3 Å². The van der Waals surface area contributed by atoms with Gasteiger partial charge in [-0.2, -0.15) is 4.98 Å². The molecule has 0 radical (unpaired) electrons. The van der Waals surface area contributed by atoms with E-state index in [0.29, 0.717) is 35.3 Å². The predicted molar refractivity (Wildman–Crippen MR) is 70.6 cm³/mol. The number of anilines is 1. The van der Waals surface area contributed by atoms with E-state index in [1.165, 1.54) is 0 Å². The second kappa shape index (κ2) is 5.99. The van der Waals surface area contributed by atoms with Gasteiger partial charge in [-0.25, -0.2) is 4.98 Å². The summed E-state index contributed by atoms with van der Waals surface area (Å²) in [5.74, 6) is 0.985. The summed E-state index contributed by atoms with van der Waals surface area (Å²) in [6.07, 6.45) is 4.23. The molecule has 0 aliphatic heterocycles. The van der Waals surface area contributed by atoms with E-state index in [-0.39, 0.29) is 5.91 Å². The molecule has 2 N–H and O–H groups in total. The van der Waals surface area contributed by atoms with Crippen LogP contribution in [0.3, 0.4) is 0 Å². The van der Waals surface area contributed by atoms with Crippen LogP contribution in [-0.4, -0.2) is 35.6 Å². The van der Waals surface area contributed by atoms with E-state index in [9.17, 15) is 4.79 Å². The number of nitrogens with zero attached hydrogens (tertiary/aromatic N) is 2. The largest absolute Gasteiger partial charge is 0.480 e. The highest BCUT2D eigenvalue weighted by atomic mass is 79.9. The standard InChI is InChI=1S/C11H15BrN4O2/c1-18-10-8(12)6-14-11(16-10)13-5-4-9(17)15-7-2-3-7/h6-7H,2-5H2,1H3,(H,15,17)(H,13,14,16). The van der Waals surface area contributed by atoms with Gasteiger partial charge in [-0.1, -0.05) is 0 Å². The van der Waals surface area contributed by atoms with Crippen LogP contribution < -0.4 is 15.4 Å². The predicted octanol–water partition coefficient (Wildman–Crippen LogP) is 1.33. The fraction of sp³-hybridized carbons (Fsp3) is 0.545. The van der Waals surface area contributed by atoms with Crippen molar-refractivity contribution in [2.45, 2.75) is 25.3 Å². The van der Waals surface area contributed by atoms with Crippen LogP contribution in [0, 0.1) is 0 Å². The maximum absolute atomic E-state index is 11.4. The maximum atomic E-state index is 11.4. The lowest BCUT2D eigenvalue weighted by Gasteiger charge is -2.07. The van der Waals surface area contributed by atoms with Gasteiger partial charge in [0.2, 0.25) is 17.7 Å². The Morgan fingerprint density at radius 2 is 2.39 bits per heavy atom. The number of carbonyl (C=O) groups excluding carboxylic acids is 1. The number of rotatable bonds is 6. The van der Waals surface area contributed by atoms with E-state index in [1.807, 2.05) is 0 Å². The van der Waals surface area contributed by atoms with Crippen molar-refractivity contribution >= 4 is 27.8 Å². The van der Waals surface area contributed by atoms with Crippen LogP contribution in [0.15, 0.2) is 10.7 Å². The van der Waals surface area contributed by atoms with Crippen LogP contribution in [0.5, 0.6) is 5.88 Å². The van der Waals surface area contributed by atoms with Gasteiger partial charge < -0.3 is 15.4 Å². The number of ether oxygens (including phenoxy) is 1. The molecule has 0 spiro atoms. The molecule has 1 aliphatic rings. The summed E-state index contributed by atoms with van der Waals surface area (Å²) in [4.78, 5) is 19.7. The van der Waals surface area contributed by atoms with Crippen molar-refractivity contribution in [3.63, 3.8) is 0 Å². The first kappa shape index (κ1) is 13.1. The van der Waals surface area contributed by atoms with Gasteiger partial charge in [-0.05, 0) is 28.8 Å². The number of hydrogen-bond donors (Lipinski definition) is 2. The third-order valence-corrected chi connectivity index (χ3v) is 3.03. The molecule has 7 heteroatoms. The van der Waals surface area contributed by atoms with E-state index in [4.69, 9.17) is 4.74 Å². The molecule has 18 heavy (non-hydrogen) atoms. The van der Waals surface area contributed by atoms with Crippen molar-refractivity contribution < 1.29 is 9.53 Å². The molecule has 0 bridgehead atoms. The molecule has 6 nitrogen and oxygen atoms in total. The molecule has 1 fully saturated rings. The number of carbonyl (C=O) groups is 1. The molecule has 1 aromatic heterocycles. The zero-order valence-corrected chi connectivity index (χ0v) is 11.7. The highest BCUT2D eigenvalue weighted by molar-refractivity contribution is 9.10. The quantitative estimate of drug-likeness (QED) is 0.828. The van der Waals surface area contributed by atoms with E-state index in [2.05, 4.69) is 36.5 Å². The summed E-state index contributed by atoms with van der Waals surface area (Å²) < 4.78 is 5.75. The lowest BCUT2D eigenvalue weighted by molar-refractivity contribution is -0.120. The van der Waals surface area contributed by atoms with Gasteiger partial charge in [0.1, 0.15) is 0 Å². The van der Waals surface area contributed by atoms with Crippen LogP contribution >= 0.6 is 15.9 Å². The molecule has 1 heterocycles. The summed E-state index contributed by atoms with van der Waals surface area (Å²) in [6, 6.07) is 0.404. The van der Waals surface area contributed by atoms with Gasteiger partial charge in [-0.15, -0.1) is 0 Å². The minimum atomic E-state index is 0.0640. The normalized spacial score (nSPS) is 14.1. The van der Waals surface area contributed by atoms with Crippen molar-refractivity contribution in [1.82, 2.24) is 15.3 Å². The average molecular weight is 315 g/mol. The molecular weight excluding hydrogens is 300 g/mol. The number of methoxy groups -OCH3 is 1. The third-order valence-electron chi connectivity index (χ3n) is 2.48. The molecule has 0 saturated heterocycles. The summed E-state index contributed by atoms with van der Waals surface area (Å²) in [6.45, 7) is 0.503. The van der Waals surface area contributed by atoms with Crippen molar-refractivity contribution in [2.24, 2.45) is 0 Å². The zero-order valence-electron chi connectivity index (χ0n) is 10.1. The smallest absolute Gasteiger partial charge is 0.232 e. The van der Waals surface area contributed by atoms with Crippen molar-refractivity contribution in [1.29, 1.82) is 0 Å². The Hall–Kier alpha value is -1.37. The molecule has 1 saturated carbocycles. The summed E-state index contributed by atoms with van der Waals surface area (Å²) in [5, 5.41) is 5.91. The van der Waals surface area contributed by atoms with E-state index < -0.39 is 0 Å². The van der Waals surface area contributed by atoms with Gasteiger partial charge in [0.15, 0.2) is 0 Å². The van der Waals surface area contributed by atoms with Crippen LogP contribution in [0.4, 0.5) is 5.95 Å². The highest BCUT2D eigenvalue weighted by Gasteiger charge is 2.22. The maximum Gasteiger partial charge on any atom is 0.232 e. The van der Waals surface area contributed by atoms with Crippen molar-refractivity contribution in [3.05, 3.63) is 10.7 Å². The van der Waals surface area contributed by atoms with Gasteiger partial charge in [0, 0.05) is 19.0 Å². The Bertz CT molecular complexity index is 437. The Balaban J connectivity index is 1.76. The molecule has 1 amide bonds. The first-order valence-corrected chi connectivity index (χ1v) is 6.58. The number of hydrogen-bond acceptors (Lipinski definition) is 5. The molecule has 1 aromatic rings. The monoisotopic (exact) mass is 314 g/mol. The molecule has 0 atom stereocenters. The second-order valence-electron chi connectivity index (χ2n) is 4.07. The first-order valence-electron chi connectivity index (χ1n) is 5.79. The average Bonchev–Trinajstić information content (AvgIpc) is 3.15. The molecule has 0 aromatic carbocycles. The fourth-order valence-corrected chi connectivity index (χ4v) is 1.75. The summed E-state index contributed by atoms with van der Waals surface area (Å²) >= 11 is 3.27. The molecule has 1 aliphatic carbocycles. The minimum Gasteiger partial charge on any atom is -0.480 e. The van der Waals surface area contributed by atoms with Gasteiger partial charge >= 0.3 is 0 Å². The second-order valence-corrected chi connectivity index (χ2v) is 4.92. The Labute approximate surface area is 114 Å². The van der Waals surface area contributed by atoms with Crippen LogP contribution in [0.2, 0.25) is 0 Å². The summed E-state index contributed by atoms with van der Waals surface area (Å²) in [7, 11) is 1.54. The van der Waals surface area contributed by atoms with E-state index in [0.717, 1.165) is 12.8 Å². The lowest BCUT2D eigenvalue weighted by atomic mass is 10.4. The Kier molecular flexibility index (Phi) is 4.35. The molecule has 2 rings (SSSR count). The number of halogens is 1.